The molecule has 1 aromatic rings. The van der Waals surface area contributed by atoms with E-state index in [1.807, 2.05) is 6.07 Å². The highest BCUT2D eigenvalue weighted by Gasteiger charge is 2.18. The van der Waals surface area contributed by atoms with Gasteiger partial charge in [-0.3, -0.25) is 0 Å². The molecule has 0 aliphatic rings. The first-order valence-corrected chi connectivity index (χ1v) is 7.79. The lowest BCUT2D eigenvalue weighted by atomic mass is 10.0. The van der Waals surface area contributed by atoms with Crippen molar-refractivity contribution < 1.29 is 9.13 Å². The highest BCUT2D eigenvalue weighted by molar-refractivity contribution is 5.55. The molecule has 0 spiro atoms. The van der Waals surface area contributed by atoms with E-state index in [0.29, 0.717) is 12.6 Å². The van der Waals surface area contributed by atoms with E-state index in [1.54, 1.807) is 13.2 Å². The quantitative estimate of drug-likeness (QED) is 0.751. The number of ether oxygens (including phenoxy) is 1. The summed E-state index contributed by atoms with van der Waals surface area (Å²) in [5.74, 6) is -0.186. The molecule has 120 valence electrons. The maximum atomic E-state index is 13.7. The zero-order valence-electron chi connectivity index (χ0n) is 13.9. The van der Waals surface area contributed by atoms with Crippen LogP contribution in [0.3, 0.4) is 0 Å². The monoisotopic (exact) mass is 296 g/mol. The Bertz CT molecular complexity index is 423. The van der Waals surface area contributed by atoms with Crippen LogP contribution in [0.25, 0.3) is 0 Å². The van der Waals surface area contributed by atoms with Gasteiger partial charge < -0.3 is 15.0 Å². The molecule has 0 amide bonds. The molecular formula is C17H29FN2O. The lowest BCUT2D eigenvalue weighted by molar-refractivity contribution is 0.203. The molecule has 1 N–H and O–H groups in total. The summed E-state index contributed by atoms with van der Waals surface area (Å²) in [5.41, 5.74) is 2.09. The number of nitrogens with one attached hydrogen (secondary N) is 1. The van der Waals surface area contributed by atoms with E-state index in [1.165, 1.54) is 6.07 Å². The normalized spacial score (nSPS) is 12.7. The van der Waals surface area contributed by atoms with Gasteiger partial charge in [-0.05, 0) is 57.5 Å². The second kappa shape index (κ2) is 9.00. The van der Waals surface area contributed by atoms with Crippen LogP contribution < -0.4 is 10.2 Å². The van der Waals surface area contributed by atoms with Crippen molar-refractivity contribution in [3.8, 4) is 0 Å². The van der Waals surface area contributed by atoms with Crippen LogP contribution in [0.15, 0.2) is 18.2 Å². The van der Waals surface area contributed by atoms with Gasteiger partial charge in [0.2, 0.25) is 0 Å². The first-order valence-electron chi connectivity index (χ1n) is 7.79. The summed E-state index contributed by atoms with van der Waals surface area (Å²) in [5, 5.41) is 3.44. The molecule has 0 aromatic heterocycles. The fraction of sp³-hybridized carbons (Fsp3) is 0.647. The van der Waals surface area contributed by atoms with Gasteiger partial charge in [-0.1, -0.05) is 6.92 Å². The summed E-state index contributed by atoms with van der Waals surface area (Å²) in [6, 6.07) is 5.52. The molecule has 1 unspecified atom stereocenters. The van der Waals surface area contributed by atoms with Crippen LogP contribution in [0.2, 0.25) is 0 Å². The predicted molar refractivity (Wildman–Crippen MR) is 87.5 cm³/mol. The van der Waals surface area contributed by atoms with Crippen LogP contribution >= 0.6 is 0 Å². The molecule has 0 aliphatic carbocycles. The maximum absolute atomic E-state index is 13.7. The minimum Gasteiger partial charge on any atom is -0.383 e. The van der Waals surface area contributed by atoms with Crippen molar-refractivity contribution in [3.05, 3.63) is 29.6 Å². The van der Waals surface area contributed by atoms with E-state index < -0.39 is 0 Å². The largest absolute Gasteiger partial charge is 0.383 e. The van der Waals surface area contributed by atoms with Gasteiger partial charge in [0.25, 0.3) is 0 Å². The van der Waals surface area contributed by atoms with Gasteiger partial charge in [0.05, 0.1) is 6.61 Å². The third-order valence-electron chi connectivity index (χ3n) is 3.63. The Hall–Kier alpha value is -1.13. The lowest BCUT2D eigenvalue weighted by Gasteiger charge is -2.32. The molecule has 1 aromatic carbocycles. The molecule has 0 fully saturated rings. The molecule has 0 saturated heterocycles. The maximum Gasteiger partial charge on any atom is 0.123 e. The smallest absolute Gasteiger partial charge is 0.123 e. The highest BCUT2D eigenvalue weighted by atomic mass is 19.1. The van der Waals surface area contributed by atoms with E-state index in [-0.39, 0.29) is 11.9 Å². The Morgan fingerprint density at radius 2 is 2.00 bits per heavy atom. The van der Waals surface area contributed by atoms with Crippen LogP contribution in [0.4, 0.5) is 10.1 Å². The predicted octanol–water partition coefficient (Wildman–Crippen LogP) is 3.75. The number of rotatable bonds is 9. The van der Waals surface area contributed by atoms with Gasteiger partial charge in [-0.2, -0.15) is 0 Å². The summed E-state index contributed by atoms with van der Waals surface area (Å²) >= 11 is 0. The van der Waals surface area contributed by atoms with E-state index in [4.69, 9.17) is 4.74 Å². The topological polar surface area (TPSA) is 24.5 Å². The van der Waals surface area contributed by atoms with Crippen LogP contribution in [-0.2, 0) is 4.74 Å². The molecule has 0 heterocycles. The molecule has 0 radical (unpaired) electrons. The van der Waals surface area contributed by atoms with Gasteiger partial charge >= 0.3 is 0 Å². The summed E-state index contributed by atoms with van der Waals surface area (Å²) in [6.45, 7) is 10.9. The zero-order chi connectivity index (χ0) is 15.8. The molecule has 0 bridgehead atoms. The minimum absolute atomic E-state index is 0.124. The minimum atomic E-state index is -0.186. The van der Waals surface area contributed by atoms with Gasteiger partial charge in [0.15, 0.2) is 0 Å². The highest BCUT2D eigenvalue weighted by Crippen LogP contribution is 2.28. The fourth-order valence-corrected chi connectivity index (χ4v) is 2.45. The average Bonchev–Trinajstić information content (AvgIpc) is 2.46. The third-order valence-corrected chi connectivity index (χ3v) is 3.63. The summed E-state index contributed by atoms with van der Waals surface area (Å²) in [7, 11) is 1.70. The molecule has 3 nitrogen and oxygen atoms in total. The Balaban J connectivity index is 3.07. The van der Waals surface area contributed by atoms with Gasteiger partial charge in [0.1, 0.15) is 5.82 Å². The van der Waals surface area contributed by atoms with Gasteiger partial charge in [0, 0.05) is 31.4 Å². The van der Waals surface area contributed by atoms with Crippen molar-refractivity contribution in [2.24, 2.45) is 0 Å². The van der Waals surface area contributed by atoms with Crippen LogP contribution in [0.5, 0.6) is 0 Å². The molecule has 1 rings (SSSR count). The number of anilines is 1. The molecular weight excluding hydrogens is 267 g/mol. The average molecular weight is 296 g/mol. The second-order valence-corrected chi connectivity index (χ2v) is 5.66. The van der Waals surface area contributed by atoms with Gasteiger partial charge in [-0.25, -0.2) is 4.39 Å². The standard InChI is InChI=1S/C17H29FN2O/c1-6-9-19-14(4)16-12-15(18)7-8-17(16)20(13(2)3)10-11-21-5/h7-8,12-14,19H,6,9-11H2,1-5H3. The van der Waals surface area contributed by atoms with E-state index in [9.17, 15) is 4.39 Å². The van der Waals surface area contributed by atoms with Crippen molar-refractivity contribution in [1.29, 1.82) is 0 Å². The SMILES string of the molecule is CCCNC(C)c1cc(F)ccc1N(CCOC)C(C)C. The Morgan fingerprint density at radius 1 is 1.29 bits per heavy atom. The fourth-order valence-electron chi connectivity index (χ4n) is 2.45. The Labute approximate surface area is 128 Å². The molecule has 21 heavy (non-hydrogen) atoms. The molecule has 0 aliphatic heterocycles. The molecule has 1 atom stereocenters. The van der Waals surface area contributed by atoms with Crippen LogP contribution in [-0.4, -0.2) is 32.8 Å². The third kappa shape index (κ3) is 5.29. The van der Waals surface area contributed by atoms with E-state index in [0.717, 1.165) is 30.8 Å². The van der Waals surface area contributed by atoms with Gasteiger partial charge in [-0.15, -0.1) is 0 Å². The number of halogens is 1. The van der Waals surface area contributed by atoms with Crippen molar-refractivity contribution >= 4 is 5.69 Å². The number of benzene rings is 1. The second-order valence-electron chi connectivity index (χ2n) is 5.66. The first kappa shape index (κ1) is 17.9. The lowest BCUT2D eigenvalue weighted by Crippen LogP contribution is -2.35. The number of nitrogens with zero attached hydrogens (tertiary/aromatic N) is 1. The van der Waals surface area contributed by atoms with Crippen molar-refractivity contribution in [2.45, 2.75) is 46.2 Å². The summed E-state index contributed by atoms with van der Waals surface area (Å²) < 4.78 is 18.9. The van der Waals surface area contributed by atoms with E-state index in [2.05, 4.69) is 37.9 Å². The van der Waals surface area contributed by atoms with Crippen molar-refractivity contribution in [3.63, 3.8) is 0 Å². The first-order chi connectivity index (χ1) is 10.0. The van der Waals surface area contributed by atoms with Crippen LogP contribution in [0, 0.1) is 5.82 Å². The molecule has 0 saturated carbocycles. The Morgan fingerprint density at radius 3 is 2.57 bits per heavy atom. The van der Waals surface area contributed by atoms with Crippen molar-refractivity contribution in [1.82, 2.24) is 5.32 Å². The number of methoxy groups -OCH3 is 1. The van der Waals surface area contributed by atoms with Crippen LogP contribution in [0.1, 0.15) is 45.7 Å². The summed E-state index contributed by atoms with van der Waals surface area (Å²) in [4.78, 5) is 2.27. The van der Waals surface area contributed by atoms with Crippen molar-refractivity contribution in [2.75, 3.05) is 31.7 Å². The number of hydrogen-bond acceptors (Lipinski definition) is 3. The van der Waals surface area contributed by atoms with E-state index >= 15 is 0 Å². The summed E-state index contributed by atoms with van der Waals surface area (Å²) in [6.07, 6.45) is 1.06. The molecule has 4 heteroatoms. The Kier molecular flexibility index (Phi) is 7.68. The zero-order valence-corrected chi connectivity index (χ0v) is 13.9. The number of hydrogen-bond donors (Lipinski definition) is 1.